The second kappa shape index (κ2) is 7.50. The fraction of sp³-hybridized carbons (Fsp3) is 0.615. The molecule has 0 spiro atoms. The molecule has 0 amide bonds. The average molecular weight is 203 g/mol. The summed E-state index contributed by atoms with van der Waals surface area (Å²) in [5.41, 5.74) is 1.43. The number of nitrogens with zero attached hydrogens (tertiary/aromatic N) is 1. The maximum atomic E-state index is 4.22. The van der Waals surface area contributed by atoms with Crippen LogP contribution in [0, 0.1) is 0 Å². The van der Waals surface area contributed by atoms with Gasteiger partial charge in [0, 0.05) is 12.4 Å². The van der Waals surface area contributed by atoms with Gasteiger partial charge in [-0.1, -0.05) is 63.7 Å². The van der Waals surface area contributed by atoms with E-state index in [0.29, 0.717) is 0 Å². The molecule has 0 aliphatic rings. The van der Waals surface area contributed by atoms with Gasteiger partial charge >= 0.3 is 0 Å². The summed E-state index contributed by atoms with van der Waals surface area (Å²) in [6.45, 7) is 5.26. The van der Waals surface area contributed by atoms with Gasteiger partial charge in [0.1, 0.15) is 0 Å². The Hall–Kier alpha value is -0.785. The summed E-state index contributed by atoms with van der Waals surface area (Å²) in [7, 11) is 0. The predicted octanol–water partition coefficient (Wildman–Crippen LogP) is 3.38. The van der Waals surface area contributed by atoms with E-state index in [1.165, 1.54) is 43.8 Å². The molecule has 0 N–H and O–H groups in total. The van der Waals surface area contributed by atoms with Crippen LogP contribution >= 0.6 is 0 Å². The Balaban J connectivity index is 2.55. The van der Waals surface area contributed by atoms with Gasteiger partial charge in [-0.3, -0.25) is 4.98 Å². The standard InChI is InChI=1S/C13H22BN/c1-3-5-9-14(10-6-4-2)13-8-7-11-15-12-13/h7-8,11-12H,3-6,9-10H2,1-2H3. The zero-order valence-corrected chi connectivity index (χ0v) is 10.1. The third kappa shape index (κ3) is 4.50. The van der Waals surface area contributed by atoms with Gasteiger partial charge in [-0.25, -0.2) is 0 Å². The fourth-order valence-corrected chi connectivity index (χ4v) is 2.00. The van der Waals surface area contributed by atoms with Crippen molar-refractivity contribution in [1.29, 1.82) is 0 Å². The maximum Gasteiger partial charge on any atom is 0.177 e. The van der Waals surface area contributed by atoms with Crippen molar-refractivity contribution in [3.05, 3.63) is 24.5 Å². The summed E-state index contributed by atoms with van der Waals surface area (Å²) in [5.74, 6) is 0. The molecule has 15 heavy (non-hydrogen) atoms. The van der Waals surface area contributed by atoms with Crippen molar-refractivity contribution in [2.24, 2.45) is 0 Å². The van der Waals surface area contributed by atoms with E-state index in [1.54, 1.807) is 0 Å². The number of rotatable bonds is 7. The molecule has 0 bridgehead atoms. The van der Waals surface area contributed by atoms with Crippen LogP contribution in [0.4, 0.5) is 0 Å². The van der Waals surface area contributed by atoms with E-state index in [4.69, 9.17) is 0 Å². The second-order valence-corrected chi connectivity index (χ2v) is 4.27. The molecule has 1 nitrogen and oxygen atoms in total. The molecule has 1 rings (SSSR count). The highest BCUT2D eigenvalue weighted by Crippen LogP contribution is 2.09. The van der Waals surface area contributed by atoms with Crippen LogP contribution in [0.2, 0.25) is 12.6 Å². The summed E-state index contributed by atoms with van der Waals surface area (Å²) < 4.78 is 0. The molecule has 0 aromatic carbocycles. The molecule has 0 aliphatic carbocycles. The van der Waals surface area contributed by atoms with Crippen molar-refractivity contribution >= 4 is 12.2 Å². The smallest absolute Gasteiger partial charge is 0.177 e. The summed E-state index contributed by atoms with van der Waals surface area (Å²) in [4.78, 5) is 4.22. The van der Waals surface area contributed by atoms with Crippen LogP contribution in [0.25, 0.3) is 0 Å². The van der Waals surface area contributed by atoms with Gasteiger partial charge in [-0.05, 0) is 6.07 Å². The first-order valence-electron chi connectivity index (χ1n) is 6.28. The minimum atomic E-state index is 0.735. The lowest BCUT2D eigenvalue weighted by atomic mass is 9.40. The van der Waals surface area contributed by atoms with Crippen LogP contribution in [-0.4, -0.2) is 11.7 Å². The van der Waals surface area contributed by atoms with Crippen LogP contribution < -0.4 is 5.46 Å². The van der Waals surface area contributed by atoms with Crippen molar-refractivity contribution in [2.45, 2.75) is 52.2 Å². The highest BCUT2D eigenvalue weighted by Gasteiger charge is 2.14. The quantitative estimate of drug-likeness (QED) is 0.619. The Labute approximate surface area is 94.4 Å². The molecule has 0 saturated heterocycles. The van der Waals surface area contributed by atoms with E-state index in [-0.39, 0.29) is 0 Å². The van der Waals surface area contributed by atoms with Crippen LogP contribution in [0.3, 0.4) is 0 Å². The van der Waals surface area contributed by atoms with E-state index < -0.39 is 0 Å². The Kier molecular flexibility index (Phi) is 6.14. The lowest BCUT2D eigenvalue weighted by Gasteiger charge is -2.12. The van der Waals surface area contributed by atoms with Crippen molar-refractivity contribution in [2.75, 3.05) is 0 Å². The molecule has 0 radical (unpaired) electrons. The fourth-order valence-electron chi connectivity index (χ4n) is 2.00. The SMILES string of the molecule is CCCCB(CCCC)c1cccnc1. The molecule has 2 heteroatoms. The minimum Gasteiger partial charge on any atom is -0.265 e. The van der Waals surface area contributed by atoms with Crippen LogP contribution in [0.1, 0.15) is 39.5 Å². The number of hydrogen-bond acceptors (Lipinski definition) is 1. The highest BCUT2D eigenvalue weighted by atomic mass is 14.6. The van der Waals surface area contributed by atoms with Gasteiger partial charge in [0.25, 0.3) is 0 Å². The molecule has 82 valence electrons. The molecule has 0 atom stereocenters. The molecule has 0 unspecified atom stereocenters. The van der Waals surface area contributed by atoms with Crippen LogP contribution in [-0.2, 0) is 0 Å². The van der Waals surface area contributed by atoms with Gasteiger partial charge in [-0.2, -0.15) is 0 Å². The van der Waals surface area contributed by atoms with Gasteiger partial charge in [0.05, 0.1) is 0 Å². The molecule has 1 aromatic rings. The maximum absolute atomic E-state index is 4.22. The second-order valence-electron chi connectivity index (χ2n) is 4.27. The Morgan fingerprint density at radius 1 is 1.13 bits per heavy atom. The molecular weight excluding hydrogens is 181 g/mol. The normalized spacial score (nSPS) is 10.3. The summed E-state index contributed by atoms with van der Waals surface area (Å²) in [6, 6.07) is 4.28. The van der Waals surface area contributed by atoms with Gasteiger partial charge in [0.2, 0.25) is 0 Å². The number of unbranched alkanes of at least 4 members (excludes halogenated alkanes) is 2. The molecule has 0 saturated carbocycles. The van der Waals surface area contributed by atoms with Crippen molar-refractivity contribution in [3.8, 4) is 0 Å². The van der Waals surface area contributed by atoms with E-state index in [9.17, 15) is 0 Å². The lowest BCUT2D eigenvalue weighted by Crippen LogP contribution is -2.29. The third-order valence-corrected chi connectivity index (χ3v) is 2.97. The van der Waals surface area contributed by atoms with Gasteiger partial charge in [-0.15, -0.1) is 0 Å². The zero-order chi connectivity index (χ0) is 10.9. The monoisotopic (exact) mass is 203 g/mol. The largest absolute Gasteiger partial charge is 0.265 e. The Bertz CT molecular complexity index is 240. The van der Waals surface area contributed by atoms with Crippen molar-refractivity contribution < 1.29 is 0 Å². The first kappa shape index (κ1) is 12.3. The minimum absolute atomic E-state index is 0.735. The zero-order valence-electron chi connectivity index (χ0n) is 10.1. The predicted molar refractivity (Wildman–Crippen MR) is 69.1 cm³/mol. The van der Waals surface area contributed by atoms with Gasteiger partial charge in [0.15, 0.2) is 6.71 Å². The first-order chi connectivity index (χ1) is 7.38. The third-order valence-electron chi connectivity index (χ3n) is 2.97. The van der Waals surface area contributed by atoms with Crippen LogP contribution in [0.5, 0.6) is 0 Å². The summed E-state index contributed by atoms with van der Waals surface area (Å²) in [5, 5.41) is 0. The van der Waals surface area contributed by atoms with E-state index >= 15 is 0 Å². The topological polar surface area (TPSA) is 12.9 Å². The number of aromatic nitrogens is 1. The van der Waals surface area contributed by atoms with Crippen molar-refractivity contribution in [3.63, 3.8) is 0 Å². The lowest BCUT2D eigenvalue weighted by molar-refractivity contribution is 0.845. The number of hydrogen-bond donors (Lipinski definition) is 0. The summed E-state index contributed by atoms with van der Waals surface area (Å²) >= 11 is 0. The molecule has 0 aliphatic heterocycles. The van der Waals surface area contributed by atoms with E-state index in [2.05, 4.69) is 31.0 Å². The van der Waals surface area contributed by atoms with E-state index in [1.807, 2.05) is 12.4 Å². The molecular formula is C13H22BN. The molecule has 0 fully saturated rings. The highest BCUT2D eigenvalue weighted by molar-refractivity contribution is 6.73. The number of pyridine rings is 1. The molecule has 1 heterocycles. The van der Waals surface area contributed by atoms with Crippen LogP contribution in [0.15, 0.2) is 24.5 Å². The van der Waals surface area contributed by atoms with E-state index in [0.717, 1.165) is 6.71 Å². The Morgan fingerprint density at radius 2 is 1.80 bits per heavy atom. The van der Waals surface area contributed by atoms with Gasteiger partial charge < -0.3 is 0 Å². The Morgan fingerprint density at radius 3 is 2.27 bits per heavy atom. The molecule has 1 aromatic heterocycles. The van der Waals surface area contributed by atoms with Crippen molar-refractivity contribution in [1.82, 2.24) is 4.98 Å². The summed E-state index contributed by atoms with van der Waals surface area (Å²) in [6.07, 6.45) is 11.8. The first-order valence-corrected chi connectivity index (χ1v) is 6.28. The average Bonchev–Trinajstić information content (AvgIpc) is 2.30.